The van der Waals surface area contributed by atoms with Crippen LogP contribution >= 0.6 is 12.2 Å². The van der Waals surface area contributed by atoms with Crippen LogP contribution in [0.2, 0.25) is 0 Å². The van der Waals surface area contributed by atoms with Crippen LogP contribution in [0.25, 0.3) is 0 Å². The van der Waals surface area contributed by atoms with Crippen molar-refractivity contribution in [3.63, 3.8) is 0 Å². The molecule has 10 heteroatoms. The molecular formula is C19H21N5O3S2. The van der Waals surface area contributed by atoms with Gasteiger partial charge in [-0.1, -0.05) is 18.2 Å². The SMILES string of the molecule is CCn1c(CNC(=O)c2ccc(S(=O)(=O)Nc3ccccc3C)cc2)n[nH]c1=S. The van der Waals surface area contributed by atoms with Crippen LogP contribution in [0, 0.1) is 11.7 Å². The van der Waals surface area contributed by atoms with E-state index in [2.05, 4.69) is 20.2 Å². The minimum atomic E-state index is -3.75. The van der Waals surface area contributed by atoms with Gasteiger partial charge in [-0.2, -0.15) is 5.10 Å². The highest BCUT2D eigenvalue weighted by Crippen LogP contribution is 2.19. The number of rotatable bonds is 7. The summed E-state index contributed by atoms with van der Waals surface area (Å²) in [4.78, 5) is 12.4. The topological polar surface area (TPSA) is 109 Å². The van der Waals surface area contributed by atoms with E-state index >= 15 is 0 Å². The fourth-order valence-electron chi connectivity index (χ4n) is 2.75. The number of carbonyl (C=O) groups is 1. The van der Waals surface area contributed by atoms with Crippen molar-refractivity contribution in [1.82, 2.24) is 20.1 Å². The van der Waals surface area contributed by atoms with Crippen molar-refractivity contribution >= 4 is 33.8 Å². The van der Waals surface area contributed by atoms with Gasteiger partial charge in [0.15, 0.2) is 10.6 Å². The summed E-state index contributed by atoms with van der Waals surface area (Å²) in [6.45, 7) is 4.60. The molecule has 1 heterocycles. The zero-order valence-corrected chi connectivity index (χ0v) is 17.6. The minimum Gasteiger partial charge on any atom is -0.345 e. The lowest BCUT2D eigenvalue weighted by Gasteiger charge is -2.11. The van der Waals surface area contributed by atoms with E-state index in [4.69, 9.17) is 12.2 Å². The van der Waals surface area contributed by atoms with E-state index in [0.29, 0.717) is 28.4 Å². The Balaban J connectivity index is 1.69. The number of aromatic nitrogens is 3. The predicted octanol–water partition coefficient (Wildman–Crippen LogP) is 3.00. The maximum absolute atomic E-state index is 12.6. The summed E-state index contributed by atoms with van der Waals surface area (Å²) >= 11 is 5.12. The van der Waals surface area contributed by atoms with Gasteiger partial charge >= 0.3 is 0 Å². The number of amides is 1. The smallest absolute Gasteiger partial charge is 0.261 e. The number of para-hydroxylation sites is 1. The van der Waals surface area contributed by atoms with Gasteiger partial charge in [0.25, 0.3) is 15.9 Å². The number of aryl methyl sites for hydroxylation is 1. The zero-order chi connectivity index (χ0) is 21.0. The first-order chi connectivity index (χ1) is 13.8. The lowest BCUT2D eigenvalue weighted by atomic mass is 10.2. The van der Waals surface area contributed by atoms with E-state index in [1.807, 2.05) is 26.0 Å². The van der Waals surface area contributed by atoms with Crippen molar-refractivity contribution in [2.24, 2.45) is 0 Å². The Bertz CT molecular complexity index is 1180. The van der Waals surface area contributed by atoms with Crippen LogP contribution < -0.4 is 10.0 Å². The molecule has 0 unspecified atom stereocenters. The van der Waals surface area contributed by atoms with Crippen LogP contribution in [0.15, 0.2) is 53.4 Å². The third kappa shape index (κ3) is 4.72. The maximum Gasteiger partial charge on any atom is 0.261 e. The molecule has 2 aromatic carbocycles. The van der Waals surface area contributed by atoms with Crippen molar-refractivity contribution in [1.29, 1.82) is 0 Å². The van der Waals surface area contributed by atoms with Crippen LogP contribution in [-0.2, 0) is 23.1 Å². The molecule has 3 aromatic rings. The minimum absolute atomic E-state index is 0.0733. The Labute approximate surface area is 174 Å². The molecule has 0 bridgehead atoms. The molecule has 0 saturated heterocycles. The molecule has 3 rings (SSSR count). The molecule has 0 atom stereocenters. The van der Waals surface area contributed by atoms with Gasteiger partial charge in [0.2, 0.25) is 0 Å². The van der Waals surface area contributed by atoms with Gasteiger partial charge < -0.3 is 9.88 Å². The monoisotopic (exact) mass is 431 g/mol. The number of nitrogens with one attached hydrogen (secondary N) is 3. The first kappa shape index (κ1) is 20.7. The summed E-state index contributed by atoms with van der Waals surface area (Å²) in [6.07, 6.45) is 0. The molecule has 0 radical (unpaired) electrons. The lowest BCUT2D eigenvalue weighted by molar-refractivity contribution is 0.0949. The van der Waals surface area contributed by atoms with Crippen molar-refractivity contribution in [3.05, 3.63) is 70.3 Å². The third-order valence-electron chi connectivity index (χ3n) is 4.38. The maximum atomic E-state index is 12.6. The number of nitrogens with zero attached hydrogens (tertiary/aromatic N) is 2. The largest absolute Gasteiger partial charge is 0.345 e. The lowest BCUT2D eigenvalue weighted by Crippen LogP contribution is -2.25. The number of H-pyrrole nitrogens is 1. The molecule has 0 spiro atoms. The summed E-state index contributed by atoms with van der Waals surface area (Å²) in [7, 11) is -3.75. The van der Waals surface area contributed by atoms with Gasteiger partial charge in [0.1, 0.15) is 0 Å². The fraction of sp³-hybridized carbons (Fsp3) is 0.211. The average Bonchev–Trinajstić information content (AvgIpc) is 3.07. The normalized spacial score (nSPS) is 11.2. The Morgan fingerprint density at radius 1 is 1.17 bits per heavy atom. The third-order valence-corrected chi connectivity index (χ3v) is 6.07. The Hall–Kier alpha value is -2.98. The Kier molecular flexibility index (Phi) is 6.14. The number of aromatic amines is 1. The van der Waals surface area contributed by atoms with E-state index in [1.165, 1.54) is 24.3 Å². The fourth-order valence-corrected chi connectivity index (χ4v) is 4.16. The van der Waals surface area contributed by atoms with Crippen LogP contribution in [0.5, 0.6) is 0 Å². The molecule has 0 saturated carbocycles. The summed E-state index contributed by atoms with van der Waals surface area (Å²) in [5.41, 5.74) is 1.67. The highest BCUT2D eigenvalue weighted by molar-refractivity contribution is 7.92. The molecule has 152 valence electrons. The van der Waals surface area contributed by atoms with Crippen LogP contribution in [-0.4, -0.2) is 29.1 Å². The number of carbonyl (C=O) groups excluding carboxylic acids is 1. The van der Waals surface area contributed by atoms with Gasteiger partial charge in [0, 0.05) is 12.1 Å². The number of hydrogen-bond donors (Lipinski definition) is 3. The van der Waals surface area contributed by atoms with E-state index in [9.17, 15) is 13.2 Å². The molecule has 8 nitrogen and oxygen atoms in total. The molecule has 0 aliphatic carbocycles. The van der Waals surface area contributed by atoms with Crippen molar-refractivity contribution in [3.8, 4) is 0 Å². The molecule has 1 amide bonds. The summed E-state index contributed by atoms with van der Waals surface area (Å²) < 4.78 is 30.0. The summed E-state index contributed by atoms with van der Waals surface area (Å²) in [5, 5.41) is 9.53. The molecule has 3 N–H and O–H groups in total. The first-order valence-electron chi connectivity index (χ1n) is 8.92. The molecule has 29 heavy (non-hydrogen) atoms. The standard InChI is InChI=1S/C19H21N5O3S2/c1-3-24-17(21-22-19(24)28)12-20-18(25)14-8-10-15(11-9-14)29(26,27)23-16-7-5-4-6-13(16)2/h4-11,23H,3,12H2,1-2H3,(H,20,25)(H,22,28). The molecule has 0 aliphatic rings. The predicted molar refractivity (Wildman–Crippen MR) is 113 cm³/mol. The Morgan fingerprint density at radius 3 is 2.52 bits per heavy atom. The van der Waals surface area contributed by atoms with E-state index in [0.717, 1.165) is 5.56 Å². The van der Waals surface area contributed by atoms with Crippen LogP contribution in [0.3, 0.4) is 0 Å². The molecular weight excluding hydrogens is 410 g/mol. The van der Waals surface area contributed by atoms with Crippen LogP contribution in [0.1, 0.15) is 28.7 Å². The quantitative estimate of drug-likeness (QED) is 0.498. The molecule has 0 aliphatic heterocycles. The zero-order valence-electron chi connectivity index (χ0n) is 16.0. The van der Waals surface area contributed by atoms with Gasteiger partial charge in [-0.3, -0.25) is 14.6 Å². The van der Waals surface area contributed by atoms with Crippen LogP contribution in [0.4, 0.5) is 5.69 Å². The van der Waals surface area contributed by atoms with E-state index in [1.54, 1.807) is 16.7 Å². The van der Waals surface area contributed by atoms with E-state index in [-0.39, 0.29) is 17.3 Å². The van der Waals surface area contributed by atoms with Crippen molar-refractivity contribution < 1.29 is 13.2 Å². The van der Waals surface area contributed by atoms with Crippen molar-refractivity contribution in [2.45, 2.75) is 31.8 Å². The van der Waals surface area contributed by atoms with Gasteiger partial charge in [-0.15, -0.1) is 0 Å². The molecule has 1 aromatic heterocycles. The Morgan fingerprint density at radius 2 is 1.86 bits per heavy atom. The summed E-state index contributed by atoms with van der Waals surface area (Å²) in [5.74, 6) is 0.282. The number of sulfonamides is 1. The average molecular weight is 432 g/mol. The second kappa shape index (κ2) is 8.58. The second-order valence-electron chi connectivity index (χ2n) is 6.32. The van der Waals surface area contributed by atoms with Gasteiger partial charge in [-0.05, 0) is 62.0 Å². The number of benzene rings is 2. The molecule has 0 fully saturated rings. The van der Waals surface area contributed by atoms with Crippen molar-refractivity contribution in [2.75, 3.05) is 4.72 Å². The number of anilines is 1. The highest BCUT2D eigenvalue weighted by atomic mass is 32.2. The van der Waals surface area contributed by atoms with Gasteiger partial charge in [-0.25, -0.2) is 8.42 Å². The first-order valence-corrected chi connectivity index (χ1v) is 10.8. The number of hydrogen-bond acceptors (Lipinski definition) is 5. The summed E-state index contributed by atoms with van der Waals surface area (Å²) in [6, 6.07) is 12.9. The van der Waals surface area contributed by atoms with E-state index < -0.39 is 10.0 Å². The van der Waals surface area contributed by atoms with Gasteiger partial charge in [0.05, 0.1) is 17.1 Å². The second-order valence-corrected chi connectivity index (χ2v) is 8.39. The highest BCUT2D eigenvalue weighted by Gasteiger charge is 2.16.